The highest BCUT2D eigenvalue weighted by molar-refractivity contribution is 6.28. The molecule has 4 rings (SSSR count). The Morgan fingerprint density at radius 1 is 1.26 bits per heavy atom. The van der Waals surface area contributed by atoms with E-state index in [9.17, 15) is 9.18 Å². The monoisotopic (exact) mass is 466 g/mol. The largest absolute Gasteiger partial charge is 0.486 e. The van der Waals surface area contributed by atoms with E-state index < -0.39 is 0 Å². The first kappa shape index (κ1) is 25.2. The molecule has 0 radical (unpaired) electrons. The zero-order valence-electron chi connectivity index (χ0n) is 20.3. The number of rotatable bonds is 7. The van der Waals surface area contributed by atoms with Crippen LogP contribution in [0, 0.1) is 18.7 Å². The summed E-state index contributed by atoms with van der Waals surface area (Å²) in [6.45, 7) is 10.7. The molecule has 0 bridgehead atoms. The van der Waals surface area contributed by atoms with Crippen LogP contribution in [0.15, 0.2) is 41.7 Å². The van der Waals surface area contributed by atoms with E-state index in [0.717, 1.165) is 17.4 Å². The normalized spacial score (nSPS) is 15.4. The Morgan fingerprint density at radius 2 is 2.06 bits per heavy atom. The van der Waals surface area contributed by atoms with Crippen molar-refractivity contribution in [3.05, 3.63) is 48.0 Å². The summed E-state index contributed by atoms with van der Waals surface area (Å²) in [7, 11) is 0. The van der Waals surface area contributed by atoms with Gasteiger partial charge in [0, 0.05) is 23.8 Å². The number of halogens is 1. The van der Waals surface area contributed by atoms with Gasteiger partial charge in [0.25, 0.3) is 0 Å². The minimum absolute atomic E-state index is 0.0377. The fraction of sp³-hybridized carbons (Fsp3) is 0.385. The summed E-state index contributed by atoms with van der Waals surface area (Å²) in [5.74, 6) is 0.441. The second-order valence-electron chi connectivity index (χ2n) is 8.06. The Morgan fingerprint density at radius 3 is 2.76 bits per heavy atom. The number of anilines is 2. The van der Waals surface area contributed by atoms with Gasteiger partial charge >= 0.3 is 0 Å². The van der Waals surface area contributed by atoms with Crippen LogP contribution in [0.5, 0.6) is 5.75 Å². The number of ether oxygens (including phenoxy) is 2. The fourth-order valence-corrected chi connectivity index (χ4v) is 3.44. The molecule has 1 saturated heterocycles. The first-order chi connectivity index (χ1) is 16.4. The predicted octanol–water partition coefficient (Wildman–Crippen LogP) is 5.94. The lowest BCUT2D eigenvalue weighted by atomic mass is 10.1. The van der Waals surface area contributed by atoms with Crippen molar-refractivity contribution in [1.82, 2.24) is 9.97 Å². The molecule has 34 heavy (non-hydrogen) atoms. The van der Waals surface area contributed by atoms with Crippen LogP contribution < -0.4 is 10.1 Å². The van der Waals surface area contributed by atoms with Gasteiger partial charge in [-0.2, -0.15) is 0 Å². The quantitative estimate of drug-likeness (QED) is 0.434. The number of aliphatic imine (C=N–C) groups is 1. The van der Waals surface area contributed by atoms with Crippen molar-refractivity contribution < 1.29 is 18.7 Å². The Bertz CT molecular complexity index is 1170. The highest BCUT2D eigenvalue weighted by atomic mass is 19.1. The number of hydrogen-bond donors (Lipinski definition) is 1. The maximum Gasteiger partial charge on any atom is 0.176 e. The topological polar surface area (TPSA) is 85.7 Å². The lowest BCUT2D eigenvalue weighted by Crippen LogP contribution is -2.16. The Balaban J connectivity index is 0.00000158. The molecule has 7 nitrogen and oxygen atoms in total. The van der Waals surface area contributed by atoms with Crippen LogP contribution in [-0.4, -0.2) is 41.3 Å². The van der Waals surface area contributed by atoms with Crippen molar-refractivity contribution in [1.29, 1.82) is 0 Å². The molecule has 2 heterocycles. The summed E-state index contributed by atoms with van der Waals surface area (Å²) >= 11 is 0. The molecule has 1 unspecified atom stereocenters. The maximum absolute atomic E-state index is 13.9. The minimum atomic E-state index is -0.383. The number of fused-ring (bicyclic) bond motifs is 1. The summed E-state index contributed by atoms with van der Waals surface area (Å²) in [6, 6.07) is 8.03. The Kier molecular flexibility index (Phi) is 8.65. The number of nitrogens with zero attached hydrogens (tertiary/aromatic N) is 3. The highest BCUT2D eigenvalue weighted by Crippen LogP contribution is 2.34. The summed E-state index contributed by atoms with van der Waals surface area (Å²) < 4.78 is 25.2. The smallest absolute Gasteiger partial charge is 0.176 e. The van der Waals surface area contributed by atoms with Gasteiger partial charge in [-0.1, -0.05) is 27.7 Å². The molecule has 1 N–H and O–H groups in total. The van der Waals surface area contributed by atoms with E-state index in [1.54, 1.807) is 12.1 Å². The molecule has 0 spiro atoms. The predicted molar refractivity (Wildman–Crippen MR) is 133 cm³/mol. The second kappa shape index (κ2) is 11.7. The van der Waals surface area contributed by atoms with E-state index >= 15 is 0 Å². The molecule has 1 aliphatic heterocycles. The third kappa shape index (κ3) is 6.14. The third-order valence-electron chi connectivity index (χ3n) is 5.21. The van der Waals surface area contributed by atoms with Crippen molar-refractivity contribution in [3.63, 3.8) is 0 Å². The molecule has 0 saturated carbocycles. The number of aromatic nitrogens is 2. The molecule has 1 atom stereocenters. The SMILES string of the molecule is CC.Cc1cc(N=CC(=O)C(C)C)cc2ncnc(Nc3ccc(F)cc3OC3CCOC3)c12. The van der Waals surface area contributed by atoms with E-state index in [0.29, 0.717) is 41.7 Å². The van der Waals surface area contributed by atoms with Crippen molar-refractivity contribution in [3.8, 4) is 5.75 Å². The highest BCUT2D eigenvalue weighted by Gasteiger charge is 2.20. The number of hydrogen-bond acceptors (Lipinski definition) is 7. The molecule has 2 aromatic carbocycles. The Hall–Kier alpha value is -3.39. The third-order valence-corrected chi connectivity index (χ3v) is 5.21. The average Bonchev–Trinajstić information content (AvgIpc) is 3.33. The number of benzene rings is 2. The maximum atomic E-state index is 13.9. The van der Waals surface area contributed by atoms with Crippen LogP contribution >= 0.6 is 0 Å². The summed E-state index contributed by atoms with van der Waals surface area (Å²) in [5, 5.41) is 4.07. The van der Waals surface area contributed by atoms with Crippen LogP contribution in [-0.2, 0) is 9.53 Å². The van der Waals surface area contributed by atoms with Gasteiger partial charge < -0.3 is 14.8 Å². The summed E-state index contributed by atoms with van der Waals surface area (Å²) in [6.07, 6.45) is 3.44. The molecule has 0 aliphatic carbocycles. The zero-order valence-corrected chi connectivity index (χ0v) is 20.3. The van der Waals surface area contributed by atoms with E-state index in [1.165, 1.54) is 24.7 Å². The van der Waals surface area contributed by atoms with E-state index in [1.807, 2.05) is 40.7 Å². The summed E-state index contributed by atoms with van der Waals surface area (Å²) in [4.78, 5) is 24.9. The van der Waals surface area contributed by atoms with Crippen molar-refractivity contribution in [2.45, 2.75) is 47.1 Å². The van der Waals surface area contributed by atoms with E-state index in [2.05, 4.69) is 20.3 Å². The first-order valence-corrected chi connectivity index (χ1v) is 11.5. The average molecular weight is 467 g/mol. The second-order valence-corrected chi connectivity index (χ2v) is 8.06. The zero-order chi connectivity index (χ0) is 24.7. The summed E-state index contributed by atoms with van der Waals surface area (Å²) in [5.41, 5.74) is 2.81. The van der Waals surface area contributed by atoms with Crippen LogP contribution in [0.4, 0.5) is 21.6 Å². The van der Waals surface area contributed by atoms with Gasteiger partial charge in [0.2, 0.25) is 0 Å². The fourth-order valence-electron chi connectivity index (χ4n) is 3.44. The Labute approximate surface area is 199 Å². The first-order valence-electron chi connectivity index (χ1n) is 11.5. The van der Waals surface area contributed by atoms with Crippen LogP contribution in [0.3, 0.4) is 0 Å². The molecule has 180 valence electrons. The van der Waals surface area contributed by atoms with Crippen LogP contribution in [0.2, 0.25) is 0 Å². The lowest BCUT2D eigenvalue weighted by Gasteiger charge is -2.17. The van der Waals surface area contributed by atoms with Gasteiger partial charge in [0.1, 0.15) is 29.8 Å². The van der Waals surface area contributed by atoms with Crippen molar-refractivity contribution in [2.24, 2.45) is 10.9 Å². The molecule has 1 aromatic heterocycles. The molecule has 0 amide bonds. The number of nitrogens with one attached hydrogen (secondary N) is 1. The van der Waals surface area contributed by atoms with E-state index in [4.69, 9.17) is 9.47 Å². The van der Waals surface area contributed by atoms with Crippen molar-refractivity contribution >= 4 is 40.1 Å². The molecular weight excluding hydrogens is 435 g/mol. The van der Waals surface area contributed by atoms with Crippen molar-refractivity contribution in [2.75, 3.05) is 18.5 Å². The van der Waals surface area contributed by atoms with Gasteiger partial charge in [-0.15, -0.1) is 0 Å². The minimum Gasteiger partial charge on any atom is -0.486 e. The van der Waals surface area contributed by atoms with Crippen LogP contribution in [0.25, 0.3) is 10.9 Å². The molecule has 1 aliphatic rings. The number of aryl methyl sites for hydroxylation is 1. The van der Waals surface area contributed by atoms with Crippen LogP contribution in [0.1, 0.15) is 39.7 Å². The number of carbonyl (C=O) groups is 1. The molecule has 8 heteroatoms. The van der Waals surface area contributed by atoms with Gasteiger partial charge in [-0.05, 0) is 36.8 Å². The van der Waals surface area contributed by atoms with Gasteiger partial charge in [0.15, 0.2) is 5.78 Å². The molecule has 1 fully saturated rings. The van der Waals surface area contributed by atoms with Gasteiger partial charge in [-0.3, -0.25) is 9.79 Å². The number of ketones is 1. The molecule has 3 aromatic rings. The van der Waals surface area contributed by atoms with Gasteiger partial charge in [0.05, 0.1) is 36.3 Å². The standard InChI is InChI=1S/C24H25FN4O3.C2H6/c1-14(2)21(30)11-26-17-8-15(3)23-20(10-17)27-13-28-24(23)29-19-5-4-16(25)9-22(19)32-18-6-7-31-12-18;1-2/h4-5,8-11,13-14,18H,6-7,12H2,1-3H3,(H,27,28,29);1-2H3. The van der Waals surface area contributed by atoms with E-state index in [-0.39, 0.29) is 23.6 Å². The lowest BCUT2D eigenvalue weighted by molar-refractivity contribution is -0.115. The molecular formula is C26H31FN4O3. The number of Topliss-reactive ketones (excluding diaryl/α,β-unsaturated/α-hetero) is 1. The number of carbonyl (C=O) groups excluding carboxylic acids is 1. The van der Waals surface area contributed by atoms with Gasteiger partial charge in [-0.25, -0.2) is 14.4 Å².